The van der Waals surface area contributed by atoms with Gasteiger partial charge in [0.1, 0.15) is 11.2 Å². The zero-order valence-corrected chi connectivity index (χ0v) is 25.3. The van der Waals surface area contributed by atoms with Gasteiger partial charge in [-0.15, -0.1) is 0 Å². The zero-order valence-electron chi connectivity index (χ0n) is 25.3. The van der Waals surface area contributed by atoms with Crippen molar-refractivity contribution in [1.29, 1.82) is 0 Å². The van der Waals surface area contributed by atoms with Crippen LogP contribution in [0.3, 0.4) is 0 Å². The Balaban J connectivity index is 1.25. The van der Waals surface area contributed by atoms with E-state index >= 15 is 0 Å². The average Bonchev–Trinajstić information content (AvgIpc) is 3.55. The average molecular weight is 602 g/mol. The van der Waals surface area contributed by atoms with E-state index in [-0.39, 0.29) is 0 Å². The van der Waals surface area contributed by atoms with E-state index in [0.717, 1.165) is 60.9 Å². The first-order valence-corrected chi connectivity index (χ1v) is 15.7. The summed E-state index contributed by atoms with van der Waals surface area (Å²) >= 11 is 0. The van der Waals surface area contributed by atoms with Gasteiger partial charge in [-0.25, -0.2) is 15.0 Å². The molecule has 47 heavy (non-hydrogen) atoms. The number of fused-ring (bicyclic) bond motifs is 5. The van der Waals surface area contributed by atoms with Gasteiger partial charge < -0.3 is 4.42 Å². The summed E-state index contributed by atoms with van der Waals surface area (Å²) in [5.74, 6) is 1.92. The lowest BCUT2D eigenvalue weighted by molar-refractivity contribution is 0.669. The molecule has 2 heterocycles. The molecule has 4 heteroatoms. The van der Waals surface area contributed by atoms with Crippen LogP contribution >= 0.6 is 0 Å². The second-order valence-corrected chi connectivity index (χ2v) is 11.6. The minimum Gasteiger partial charge on any atom is -0.456 e. The highest BCUT2D eigenvalue weighted by Gasteiger charge is 2.17. The molecule has 0 bridgehead atoms. The number of furan rings is 1. The summed E-state index contributed by atoms with van der Waals surface area (Å²) in [5.41, 5.74) is 9.10. The van der Waals surface area contributed by atoms with Crippen LogP contribution in [0.25, 0.3) is 89.1 Å². The monoisotopic (exact) mass is 601 g/mol. The maximum absolute atomic E-state index is 6.23. The van der Waals surface area contributed by atoms with Gasteiger partial charge in [-0.1, -0.05) is 140 Å². The summed E-state index contributed by atoms with van der Waals surface area (Å²) in [5, 5.41) is 4.62. The summed E-state index contributed by atoms with van der Waals surface area (Å²) in [4.78, 5) is 14.9. The van der Waals surface area contributed by atoms with Gasteiger partial charge in [-0.3, -0.25) is 0 Å². The highest BCUT2D eigenvalue weighted by Crippen LogP contribution is 2.40. The standard InChI is InChI=1S/C43H27N3O/c1-4-12-28(13-5-1)36-27-33(43-45-41(30-14-6-2-7-15-30)44-42(46-43)31-16-8-3-9-17-31)22-24-34(36)32-21-20-29-23-25-39-40(37(29)26-32)35-18-10-11-19-38(35)47-39/h1-27H. The van der Waals surface area contributed by atoms with E-state index in [9.17, 15) is 0 Å². The van der Waals surface area contributed by atoms with Gasteiger partial charge in [0.2, 0.25) is 0 Å². The van der Waals surface area contributed by atoms with Crippen LogP contribution in [0.4, 0.5) is 0 Å². The molecule has 0 N–H and O–H groups in total. The van der Waals surface area contributed by atoms with Gasteiger partial charge in [0.25, 0.3) is 0 Å². The number of aromatic nitrogens is 3. The van der Waals surface area contributed by atoms with Crippen molar-refractivity contribution < 1.29 is 4.42 Å². The summed E-state index contributed by atoms with van der Waals surface area (Å²) in [6.07, 6.45) is 0. The van der Waals surface area contributed by atoms with Gasteiger partial charge in [0.15, 0.2) is 17.5 Å². The van der Waals surface area contributed by atoms with E-state index in [2.05, 4.69) is 84.9 Å². The normalized spacial score (nSPS) is 11.4. The SMILES string of the molecule is c1ccc(-c2nc(-c3ccccc3)nc(-c3ccc(-c4ccc5ccc6oc7ccccc7c6c5c4)c(-c4ccccc4)c3)n2)cc1. The quantitative estimate of drug-likeness (QED) is 0.197. The molecule has 0 saturated heterocycles. The molecule has 9 aromatic rings. The number of rotatable bonds is 5. The Kier molecular flexibility index (Phi) is 6.43. The largest absolute Gasteiger partial charge is 0.456 e. The van der Waals surface area contributed by atoms with E-state index < -0.39 is 0 Å². The van der Waals surface area contributed by atoms with Gasteiger partial charge in [0, 0.05) is 27.5 Å². The Hall–Kier alpha value is -6.39. The van der Waals surface area contributed by atoms with Crippen molar-refractivity contribution in [3.8, 4) is 56.4 Å². The second-order valence-electron chi connectivity index (χ2n) is 11.6. The molecule has 0 unspecified atom stereocenters. The highest BCUT2D eigenvalue weighted by molar-refractivity contribution is 6.19. The van der Waals surface area contributed by atoms with Crippen LogP contribution in [0.5, 0.6) is 0 Å². The molecule has 220 valence electrons. The number of hydrogen-bond donors (Lipinski definition) is 0. The summed E-state index contributed by atoms with van der Waals surface area (Å²) in [7, 11) is 0. The van der Waals surface area contributed by atoms with Crippen LogP contribution in [0, 0.1) is 0 Å². The molecular weight excluding hydrogens is 574 g/mol. The molecule has 0 atom stereocenters. The molecule has 0 radical (unpaired) electrons. The molecule has 0 amide bonds. The fourth-order valence-electron chi connectivity index (χ4n) is 6.44. The third kappa shape index (κ3) is 4.84. The fraction of sp³-hybridized carbons (Fsp3) is 0. The Morgan fingerprint density at radius 1 is 0.340 bits per heavy atom. The van der Waals surface area contributed by atoms with Crippen molar-refractivity contribution in [3.63, 3.8) is 0 Å². The Bertz CT molecular complexity index is 2500. The van der Waals surface area contributed by atoms with E-state index in [1.807, 2.05) is 78.9 Å². The number of para-hydroxylation sites is 1. The van der Waals surface area contributed by atoms with Crippen LogP contribution < -0.4 is 0 Å². The minimum absolute atomic E-state index is 0.631. The molecule has 9 rings (SSSR count). The van der Waals surface area contributed by atoms with Crippen LogP contribution in [0.1, 0.15) is 0 Å². The minimum atomic E-state index is 0.631. The van der Waals surface area contributed by atoms with Gasteiger partial charge in [-0.2, -0.15) is 0 Å². The van der Waals surface area contributed by atoms with Crippen LogP contribution in [0.2, 0.25) is 0 Å². The topological polar surface area (TPSA) is 51.8 Å². The third-order valence-electron chi connectivity index (χ3n) is 8.73. The third-order valence-corrected chi connectivity index (χ3v) is 8.73. The van der Waals surface area contributed by atoms with Crippen LogP contribution in [-0.4, -0.2) is 15.0 Å². The molecular formula is C43H27N3O. The first kappa shape index (κ1) is 27.0. The molecule has 0 spiro atoms. The van der Waals surface area contributed by atoms with Crippen LogP contribution in [0.15, 0.2) is 168 Å². The lowest BCUT2D eigenvalue weighted by Gasteiger charge is -2.14. The van der Waals surface area contributed by atoms with Crippen molar-refractivity contribution in [3.05, 3.63) is 164 Å². The van der Waals surface area contributed by atoms with Gasteiger partial charge >= 0.3 is 0 Å². The highest BCUT2D eigenvalue weighted by atomic mass is 16.3. The first-order valence-electron chi connectivity index (χ1n) is 15.7. The molecule has 0 fully saturated rings. The number of hydrogen-bond acceptors (Lipinski definition) is 4. The molecule has 0 aliphatic rings. The summed E-state index contributed by atoms with van der Waals surface area (Å²) in [6.45, 7) is 0. The summed E-state index contributed by atoms with van der Waals surface area (Å²) < 4.78 is 6.23. The van der Waals surface area contributed by atoms with E-state index in [1.165, 1.54) is 10.8 Å². The van der Waals surface area contributed by atoms with Crippen molar-refractivity contribution in [2.75, 3.05) is 0 Å². The molecule has 7 aromatic carbocycles. The maximum atomic E-state index is 6.23. The molecule has 0 aliphatic carbocycles. The van der Waals surface area contributed by atoms with Gasteiger partial charge in [-0.05, 0) is 57.3 Å². The fourth-order valence-corrected chi connectivity index (χ4v) is 6.44. The lowest BCUT2D eigenvalue weighted by atomic mass is 9.91. The molecule has 0 aliphatic heterocycles. The van der Waals surface area contributed by atoms with Crippen LogP contribution in [-0.2, 0) is 0 Å². The Morgan fingerprint density at radius 2 is 0.894 bits per heavy atom. The van der Waals surface area contributed by atoms with E-state index in [1.54, 1.807) is 0 Å². The maximum Gasteiger partial charge on any atom is 0.164 e. The Morgan fingerprint density at radius 3 is 1.57 bits per heavy atom. The van der Waals surface area contributed by atoms with Crippen molar-refractivity contribution in [2.45, 2.75) is 0 Å². The molecule has 2 aromatic heterocycles. The van der Waals surface area contributed by atoms with Crippen molar-refractivity contribution >= 4 is 32.7 Å². The van der Waals surface area contributed by atoms with E-state index in [0.29, 0.717) is 17.5 Å². The second kappa shape index (κ2) is 11.2. The first-order chi connectivity index (χ1) is 23.3. The Labute approximate surface area is 271 Å². The molecule has 0 saturated carbocycles. The van der Waals surface area contributed by atoms with Crippen molar-refractivity contribution in [2.24, 2.45) is 0 Å². The smallest absolute Gasteiger partial charge is 0.164 e. The lowest BCUT2D eigenvalue weighted by Crippen LogP contribution is -2.00. The van der Waals surface area contributed by atoms with E-state index in [4.69, 9.17) is 19.4 Å². The van der Waals surface area contributed by atoms with Crippen molar-refractivity contribution in [1.82, 2.24) is 15.0 Å². The predicted molar refractivity (Wildman–Crippen MR) is 192 cm³/mol. The van der Waals surface area contributed by atoms with Gasteiger partial charge in [0.05, 0.1) is 0 Å². The number of benzene rings is 7. The molecule has 4 nitrogen and oxygen atoms in total. The zero-order chi connectivity index (χ0) is 31.2. The predicted octanol–water partition coefficient (Wildman–Crippen LogP) is 11.3. The summed E-state index contributed by atoms with van der Waals surface area (Å²) in [6, 6.07) is 56.4. The number of nitrogens with zero attached hydrogens (tertiary/aromatic N) is 3.